The lowest BCUT2D eigenvalue weighted by atomic mass is 9.87. The first-order valence-corrected chi connectivity index (χ1v) is 11.0. The molecular formula is C20H22BrN3O4S. The zero-order valence-corrected chi connectivity index (χ0v) is 18.3. The number of carboxylic acids is 1. The van der Waals surface area contributed by atoms with Gasteiger partial charge in [-0.15, -0.1) is 0 Å². The van der Waals surface area contributed by atoms with E-state index in [9.17, 15) is 19.5 Å². The van der Waals surface area contributed by atoms with Crippen molar-refractivity contribution >= 4 is 44.7 Å². The number of H-pyrrole nitrogens is 1. The number of nitrogens with one attached hydrogen (secondary N) is 2. The molecule has 1 aromatic heterocycles. The first kappa shape index (κ1) is 21.6. The lowest BCUT2D eigenvalue weighted by molar-refractivity contribution is -0.142. The summed E-state index contributed by atoms with van der Waals surface area (Å²) < 4.78 is 0.988. The average molecular weight is 480 g/mol. The molecule has 7 nitrogen and oxygen atoms in total. The molecule has 1 heterocycles. The van der Waals surface area contributed by atoms with Gasteiger partial charge in [-0.3, -0.25) is 9.59 Å². The van der Waals surface area contributed by atoms with Crippen molar-refractivity contribution in [3.05, 3.63) is 52.0 Å². The number of halogens is 1. The summed E-state index contributed by atoms with van der Waals surface area (Å²) in [4.78, 5) is 43.1. The quantitative estimate of drug-likeness (QED) is 0.536. The zero-order chi connectivity index (χ0) is 21.0. The molecule has 29 heavy (non-hydrogen) atoms. The maximum atomic E-state index is 13.1. The molecule has 154 valence electrons. The Morgan fingerprint density at radius 2 is 2.21 bits per heavy atom. The fourth-order valence-electron chi connectivity index (χ4n) is 3.71. The summed E-state index contributed by atoms with van der Waals surface area (Å²) >= 11 is 4.58. The summed E-state index contributed by atoms with van der Waals surface area (Å²) in [5, 5.41) is 12.2. The highest BCUT2D eigenvalue weighted by Gasteiger charge is 2.36. The van der Waals surface area contributed by atoms with Crippen molar-refractivity contribution < 1.29 is 19.5 Å². The summed E-state index contributed by atoms with van der Waals surface area (Å²) in [6.45, 7) is 1.47. The molecule has 3 rings (SSSR count). The van der Waals surface area contributed by atoms with E-state index in [1.165, 1.54) is 25.0 Å². The molecule has 1 amide bonds. The number of imidazole rings is 1. The highest BCUT2D eigenvalue weighted by Crippen LogP contribution is 2.41. The van der Waals surface area contributed by atoms with Crippen molar-refractivity contribution in [1.82, 2.24) is 15.3 Å². The van der Waals surface area contributed by atoms with Crippen LogP contribution in [-0.2, 0) is 27.2 Å². The van der Waals surface area contributed by atoms with Gasteiger partial charge in [0, 0.05) is 35.5 Å². The number of aryl methyl sites for hydroxylation is 1. The van der Waals surface area contributed by atoms with Gasteiger partial charge in [-0.25, -0.2) is 9.78 Å². The van der Waals surface area contributed by atoms with Crippen LogP contribution in [0, 0.1) is 5.92 Å². The van der Waals surface area contributed by atoms with E-state index in [2.05, 4.69) is 37.3 Å². The van der Waals surface area contributed by atoms with Crippen LogP contribution in [0.1, 0.15) is 36.1 Å². The van der Waals surface area contributed by atoms with Crippen LogP contribution in [0.3, 0.4) is 0 Å². The molecule has 1 aromatic carbocycles. The topological polar surface area (TPSA) is 112 Å². The van der Waals surface area contributed by atoms with Crippen LogP contribution in [-0.4, -0.2) is 43.9 Å². The van der Waals surface area contributed by atoms with Crippen molar-refractivity contribution in [2.75, 3.05) is 5.75 Å². The van der Waals surface area contributed by atoms with Gasteiger partial charge in [0.1, 0.15) is 6.04 Å². The summed E-state index contributed by atoms with van der Waals surface area (Å²) in [7, 11) is 0. The minimum absolute atomic E-state index is 0.0495. The molecule has 0 radical (unpaired) electrons. The molecule has 0 saturated carbocycles. The Hall–Kier alpha value is -2.13. The third-order valence-electron chi connectivity index (χ3n) is 5.11. The first-order valence-electron chi connectivity index (χ1n) is 9.27. The molecule has 3 atom stereocenters. The Balaban J connectivity index is 1.80. The van der Waals surface area contributed by atoms with E-state index in [-0.39, 0.29) is 23.4 Å². The van der Waals surface area contributed by atoms with E-state index >= 15 is 0 Å². The Morgan fingerprint density at radius 3 is 2.86 bits per heavy atom. The van der Waals surface area contributed by atoms with Gasteiger partial charge < -0.3 is 15.4 Å². The van der Waals surface area contributed by atoms with Crippen LogP contribution < -0.4 is 5.32 Å². The number of carbonyl (C=O) groups is 3. The molecule has 1 aliphatic carbocycles. The second-order valence-electron chi connectivity index (χ2n) is 7.08. The number of nitrogens with zero attached hydrogens (tertiary/aromatic N) is 1. The maximum Gasteiger partial charge on any atom is 0.326 e. The van der Waals surface area contributed by atoms with E-state index in [1.807, 2.05) is 12.1 Å². The Kier molecular flexibility index (Phi) is 7.13. The number of thioether (sulfide) groups is 1. The lowest BCUT2D eigenvalue weighted by Crippen LogP contribution is -2.46. The Bertz CT molecular complexity index is 903. The largest absolute Gasteiger partial charge is 0.480 e. The number of carbonyl (C=O) groups excluding carboxylic acids is 2. The molecule has 0 bridgehead atoms. The number of benzene rings is 1. The van der Waals surface area contributed by atoms with Crippen molar-refractivity contribution in [1.29, 1.82) is 0 Å². The number of aromatic nitrogens is 2. The Labute approximate surface area is 181 Å². The average Bonchev–Trinajstić information content (AvgIpc) is 3.31. The van der Waals surface area contributed by atoms with E-state index in [0.717, 1.165) is 34.6 Å². The third-order valence-corrected chi connectivity index (χ3v) is 6.54. The molecular weight excluding hydrogens is 458 g/mol. The smallest absolute Gasteiger partial charge is 0.326 e. The van der Waals surface area contributed by atoms with E-state index in [1.54, 1.807) is 0 Å². The molecule has 0 spiro atoms. The molecule has 9 heteroatoms. The summed E-state index contributed by atoms with van der Waals surface area (Å²) in [6.07, 6.45) is 4.76. The molecule has 3 unspecified atom stereocenters. The highest BCUT2D eigenvalue weighted by molar-refractivity contribution is 9.10. The molecule has 0 aliphatic heterocycles. The lowest BCUT2D eigenvalue weighted by Gasteiger charge is -2.25. The highest BCUT2D eigenvalue weighted by atomic mass is 79.9. The minimum Gasteiger partial charge on any atom is -0.480 e. The third kappa shape index (κ3) is 5.48. The van der Waals surface area contributed by atoms with Gasteiger partial charge in [0.2, 0.25) is 5.91 Å². The van der Waals surface area contributed by atoms with Crippen molar-refractivity contribution in [3.8, 4) is 0 Å². The van der Waals surface area contributed by atoms with Gasteiger partial charge in [-0.05, 0) is 42.0 Å². The fraction of sp³-hybridized carbons (Fsp3) is 0.400. The van der Waals surface area contributed by atoms with Gasteiger partial charge in [-0.2, -0.15) is 0 Å². The van der Waals surface area contributed by atoms with E-state index in [4.69, 9.17) is 0 Å². The number of amides is 1. The minimum atomic E-state index is -1.11. The molecule has 0 saturated heterocycles. The molecule has 1 aliphatic rings. The van der Waals surface area contributed by atoms with Crippen LogP contribution in [0.5, 0.6) is 0 Å². The first-order chi connectivity index (χ1) is 13.8. The monoisotopic (exact) mass is 479 g/mol. The maximum absolute atomic E-state index is 13.1. The van der Waals surface area contributed by atoms with Gasteiger partial charge in [-0.1, -0.05) is 33.8 Å². The number of carboxylic acid groups (broad SMARTS) is 1. The fourth-order valence-corrected chi connectivity index (χ4v) is 4.92. The standard InChI is InChI=1S/C20H22BrN3O4S/c1-11(25)29-9-17(16-4-2-12-6-13(21)3-5-15(12)16)19(26)24-18(20(27)28)7-14-8-22-10-23-14/h3,5-6,8,10,16-18H,2,4,7,9H2,1H3,(H,22,23)(H,24,26)(H,27,28). The van der Waals surface area contributed by atoms with Crippen LogP contribution in [0.2, 0.25) is 0 Å². The number of hydrogen-bond donors (Lipinski definition) is 3. The number of fused-ring (bicyclic) bond motifs is 1. The van der Waals surface area contributed by atoms with Crippen molar-refractivity contribution in [3.63, 3.8) is 0 Å². The number of aromatic amines is 1. The van der Waals surface area contributed by atoms with Gasteiger partial charge in [0.05, 0.1) is 12.2 Å². The summed E-state index contributed by atoms with van der Waals surface area (Å²) in [6, 6.07) is 4.94. The predicted octanol–water partition coefficient (Wildman–Crippen LogP) is 2.91. The van der Waals surface area contributed by atoms with E-state index < -0.39 is 17.9 Å². The normalized spacial score (nSPS) is 17.4. The number of aliphatic carboxylic acids is 1. The van der Waals surface area contributed by atoms with Crippen molar-refractivity contribution in [2.45, 2.75) is 38.1 Å². The number of hydrogen-bond acceptors (Lipinski definition) is 5. The second kappa shape index (κ2) is 9.58. The Morgan fingerprint density at radius 1 is 1.41 bits per heavy atom. The van der Waals surface area contributed by atoms with Gasteiger partial charge >= 0.3 is 5.97 Å². The summed E-state index contributed by atoms with van der Waals surface area (Å²) in [5.41, 5.74) is 2.91. The van der Waals surface area contributed by atoms with Gasteiger partial charge in [0.25, 0.3) is 0 Å². The van der Waals surface area contributed by atoms with Crippen LogP contribution in [0.4, 0.5) is 0 Å². The van der Waals surface area contributed by atoms with Crippen LogP contribution in [0.15, 0.2) is 35.2 Å². The molecule has 3 N–H and O–H groups in total. The molecule has 2 aromatic rings. The second-order valence-corrected chi connectivity index (χ2v) is 9.19. The zero-order valence-electron chi connectivity index (χ0n) is 15.9. The van der Waals surface area contributed by atoms with Gasteiger partial charge in [0.15, 0.2) is 5.12 Å². The van der Waals surface area contributed by atoms with Crippen LogP contribution >= 0.6 is 27.7 Å². The predicted molar refractivity (Wildman–Crippen MR) is 114 cm³/mol. The SMILES string of the molecule is CC(=O)SCC(C(=O)NC(Cc1cnc[nH]1)C(=O)O)C1CCc2cc(Br)ccc21. The van der Waals surface area contributed by atoms with E-state index in [0.29, 0.717) is 11.4 Å². The molecule has 0 fully saturated rings. The van der Waals surface area contributed by atoms with Crippen LogP contribution in [0.25, 0.3) is 0 Å². The summed E-state index contributed by atoms with van der Waals surface area (Å²) in [5.74, 6) is -1.67. The van der Waals surface area contributed by atoms with Crippen molar-refractivity contribution in [2.24, 2.45) is 5.92 Å². The number of rotatable bonds is 8.